The standard InChI is InChI=1S/C13H22N2O2/c1-4-15(5-2)9-10-17-13-8-6-7-12(11-13)14-16-3/h6-8,11,14H,4-5,9-10H2,1-3H3. The lowest BCUT2D eigenvalue weighted by atomic mass is 10.3. The first kappa shape index (κ1) is 13.8. The van der Waals surface area contributed by atoms with Gasteiger partial charge in [-0.25, -0.2) is 0 Å². The second-order valence-corrected chi connectivity index (χ2v) is 3.71. The van der Waals surface area contributed by atoms with Gasteiger partial charge in [0, 0.05) is 12.6 Å². The zero-order valence-electron chi connectivity index (χ0n) is 10.9. The van der Waals surface area contributed by atoms with Crippen LogP contribution >= 0.6 is 0 Å². The molecule has 0 aliphatic heterocycles. The summed E-state index contributed by atoms with van der Waals surface area (Å²) in [6.07, 6.45) is 0. The summed E-state index contributed by atoms with van der Waals surface area (Å²) < 4.78 is 5.69. The summed E-state index contributed by atoms with van der Waals surface area (Å²) in [5, 5.41) is 0. The monoisotopic (exact) mass is 238 g/mol. The van der Waals surface area contributed by atoms with Crippen LogP contribution in [0.15, 0.2) is 24.3 Å². The van der Waals surface area contributed by atoms with E-state index in [-0.39, 0.29) is 0 Å². The number of rotatable bonds is 8. The fourth-order valence-electron chi connectivity index (χ4n) is 1.60. The van der Waals surface area contributed by atoms with Crippen LogP contribution in [0.3, 0.4) is 0 Å². The van der Waals surface area contributed by atoms with Gasteiger partial charge in [-0.2, -0.15) is 0 Å². The van der Waals surface area contributed by atoms with E-state index in [1.165, 1.54) is 0 Å². The summed E-state index contributed by atoms with van der Waals surface area (Å²) >= 11 is 0. The van der Waals surface area contributed by atoms with E-state index in [0.29, 0.717) is 6.61 Å². The van der Waals surface area contributed by atoms with Gasteiger partial charge in [-0.05, 0) is 25.2 Å². The van der Waals surface area contributed by atoms with Crippen molar-refractivity contribution in [3.05, 3.63) is 24.3 Å². The van der Waals surface area contributed by atoms with Gasteiger partial charge in [0.15, 0.2) is 0 Å². The van der Waals surface area contributed by atoms with Gasteiger partial charge < -0.3 is 9.64 Å². The summed E-state index contributed by atoms with van der Waals surface area (Å²) in [6, 6.07) is 7.74. The van der Waals surface area contributed by atoms with Crippen molar-refractivity contribution >= 4 is 5.69 Å². The van der Waals surface area contributed by atoms with E-state index in [9.17, 15) is 0 Å². The predicted molar refractivity (Wildman–Crippen MR) is 70.4 cm³/mol. The van der Waals surface area contributed by atoms with E-state index >= 15 is 0 Å². The Hall–Kier alpha value is -1.26. The smallest absolute Gasteiger partial charge is 0.121 e. The average Bonchev–Trinajstić information content (AvgIpc) is 2.36. The van der Waals surface area contributed by atoms with Crippen LogP contribution in [0.1, 0.15) is 13.8 Å². The number of nitrogens with zero attached hydrogens (tertiary/aromatic N) is 1. The van der Waals surface area contributed by atoms with Crippen LogP contribution in [0.5, 0.6) is 5.75 Å². The van der Waals surface area contributed by atoms with Gasteiger partial charge in [0.25, 0.3) is 0 Å². The lowest BCUT2D eigenvalue weighted by Crippen LogP contribution is -2.27. The maximum Gasteiger partial charge on any atom is 0.121 e. The highest BCUT2D eigenvalue weighted by molar-refractivity contribution is 5.46. The molecule has 4 heteroatoms. The van der Waals surface area contributed by atoms with E-state index in [2.05, 4.69) is 24.2 Å². The molecule has 0 aliphatic rings. The molecule has 1 aromatic carbocycles. The molecule has 4 nitrogen and oxygen atoms in total. The fraction of sp³-hybridized carbons (Fsp3) is 0.538. The Morgan fingerprint density at radius 2 is 2.00 bits per heavy atom. The first-order valence-corrected chi connectivity index (χ1v) is 6.04. The number of hydrogen-bond acceptors (Lipinski definition) is 4. The molecule has 0 saturated heterocycles. The largest absolute Gasteiger partial charge is 0.492 e. The SMILES string of the molecule is CCN(CC)CCOc1cccc(NOC)c1. The van der Waals surface area contributed by atoms with Crippen molar-refractivity contribution in [1.29, 1.82) is 0 Å². The summed E-state index contributed by atoms with van der Waals surface area (Å²) in [4.78, 5) is 7.18. The molecule has 0 unspecified atom stereocenters. The molecule has 0 saturated carbocycles. The third kappa shape index (κ3) is 5.06. The van der Waals surface area contributed by atoms with Crippen molar-refractivity contribution < 1.29 is 9.57 Å². The zero-order chi connectivity index (χ0) is 12.5. The molecule has 0 atom stereocenters. The quantitative estimate of drug-likeness (QED) is 0.705. The van der Waals surface area contributed by atoms with Gasteiger partial charge in [0.05, 0.1) is 12.8 Å². The summed E-state index contributed by atoms with van der Waals surface area (Å²) in [5.74, 6) is 0.860. The second kappa shape index (κ2) is 7.92. The highest BCUT2D eigenvalue weighted by atomic mass is 16.6. The molecule has 0 amide bonds. The van der Waals surface area contributed by atoms with Gasteiger partial charge in [0.1, 0.15) is 12.4 Å². The van der Waals surface area contributed by atoms with Crippen LogP contribution in [-0.4, -0.2) is 38.3 Å². The molecule has 96 valence electrons. The highest BCUT2D eigenvalue weighted by Crippen LogP contribution is 2.17. The molecular weight excluding hydrogens is 216 g/mol. The Bertz CT molecular complexity index is 314. The molecule has 0 aliphatic carbocycles. The molecule has 1 aromatic rings. The number of nitrogens with one attached hydrogen (secondary N) is 1. The number of benzene rings is 1. The summed E-state index contributed by atoms with van der Waals surface area (Å²) in [5.41, 5.74) is 3.68. The molecule has 0 spiro atoms. The minimum atomic E-state index is 0.706. The third-order valence-electron chi connectivity index (χ3n) is 2.62. The molecule has 0 radical (unpaired) electrons. The molecule has 0 fully saturated rings. The second-order valence-electron chi connectivity index (χ2n) is 3.71. The molecule has 1 N–H and O–H groups in total. The van der Waals surface area contributed by atoms with Crippen molar-refractivity contribution in [3.63, 3.8) is 0 Å². The van der Waals surface area contributed by atoms with Gasteiger partial charge in [-0.15, -0.1) is 0 Å². The van der Waals surface area contributed by atoms with Gasteiger partial charge in [-0.1, -0.05) is 19.9 Å². The Kier molecular flexibility index (Phi) is 6.43. The van der Waals surface area contributed by atoms with E-state index in [0.717, 1.165) is 31.1 Å². The molecular formula is C13H22N2O2. The van der Waals surface area contributed by atoms with Crippen molar-refractivity contribution in [2.24, 2.45) is 0 Å². The molecule has 17 heavy (non-hydrogen) atoms. The molecule has 0 bridgehead atoms. The van der Waals surface area contributed by atoms with Crippen molar-refractivity contribution in [1.82, 2.24) is 4.90 Å². The Morgan fingerprint density at radius 1 is 1.24 bits per heavy atom. The van der Waals surface area contributed by atoms with E-state index in [1.807, 2.05) is 24.3 Å². The van der Waals surface area contributed by atoms with Crippen LogP contribution in [0.2, 0.25) is 0 Å². The first-order chi connectivity index (χ1) is 8.30. The highest BCUT2D eigenvalue weighted by Gasteiger charge is 2.00. The zero-order valence-corrected chi connectivity index (χ0v) is 10.9. The number of hydrogen-bond donors (Lipinski definition) is 1. The molecule has 1 rings (SSSR count). The maximum absolute atomic E-state index is 5.69. The Morgan fingerprint density at radius 3 is 2.65 bits per heavy atom. The topological polar surface area (TPSA) is 33.7 Å². The van der Waals surface area contributed by atoms with E-state index in [4.69, 9.17) is 9.57 Å². The Balaban J connectivity index is 2.38. The third-order valence-corrected chi connectivity index (χ3v) is 2.62. The predicted octanol–water partition coefficient (Wildman–Crippen LogP) is 2.38. The minimum Gasteiger partial charge on any atom is -0.492 e. The van der Waals surface area contributed by atoms with Crippen molar-refractivity contribution in [2.45, 2.75) is 13.8 Å². The van der Waals surface area contributed by atoms with Crippen molar-refractivity contribution in [2.75, 3.05) is 38.8 Å². The van der Waals surface area contributed by atoms with Crippen LogP contribution in [0.25, 0.3) is 0 Å². The Labute approximate surface area is 103 Å². The number of likely N-dealkylation sites (N-methyl/N-ethyl adjacent to an activating group) is 1. The normalized spacial score (nSPS) is 10.6. The van der Waals surface area contributed by atoms with Crippen LogP contribution in [-0.2, 0) is 4.84 Å². The first-order valence-electron chi connectivity index (χ1n) is 6.04. The van der Waals surface area contributed by atoms with Crippen LogP contribution in [0.4, 0.5) is 5.69 Å². The number of anilines is 1. The molecule has 0 aromatic heterocycles. The van der Waals surface area contributed by atoms with Gasteiger partial charge >= 0.3 is 0 Å². The van der Waals surface area contributed by atoms with Crippen LogP contribution in [0, 0.1) is 0 Å². The number of ether oxygens (including phenoxy) is 1. The lowest BCUT2D eigenvalue weighted by molar-refractivity contribution is 0.222. The fourth-order valence-corrected chi connectivity index (χ4v) is 1.60. The lowest BCUT2D eigenvalue weighted by Gasteiger charge is -2.18. The minimum absolute atomic E-state index is 0.706. The van der Waals surface area contributed by atoms with E-state index < -0.39 is 0 Å². The van der Waals surface area contributed by atoms with Gasteiger partial charge in [0.2, 0.25) is 0 Å². The summed E-state index contributed by atoms with van der Waals surface area (Å²) in [6.45, 7) is 8.10. The van der Waals surface area contributed by atoms with Gasteiger partial charge in [-0.3, -0.25) is 10.3 Å². The summed E-state index contributed by atoms with van der Waals surface area (Å²) in [7, 11) is 1.59. The van der Waals surface area contributed by atoms with Crippen LogP contribution < -0.4 is 10.2 Å². The van der Waals surface area contributed by atoms with E-state index in [1.54, 1.807) is 7.11 Å². The maximum atomic E-state index is 5.69. The van der Waals surface area contributed by atoms with Crippen molar-refractivity contribution in [3.8, 4) is 5.75 Å². The molecule has 0 heterocycles. The average molecular weight is 238 g/mol.